The third kappa shape index (κ3) is 3.97. The van der Waals surface area contributed by atoms with Crippen molar-refractivity contribution in [1.29, 1.82) is 0 Å². The second kappa shape index (κ2) is 7.51. The van der Waals surface area contributed by atoms with Gasteiger partial charge in [-0.15, -0.1) is 0 Å². The number of halogens is 1. The van der Waals surface area contributed by atoms with Crippen molar-refractivity contribution in [3.8, 4) is 11.5 Å². The van der Waals surface area contributed by atoms with Crippen LogP contribution in [0.4, 0.5) is 0 Å². The molecule has 0 saturated carbocycles. The third-order valence-corrected chi connectivity index (χ3v) is 4.72. The van der Waals surface area contributed by atoms with Gasteiger partial charge in [-0.05, 0) is 25.0 Å². The fourth-order valence-electron chi connectivity index (χ4n) is 2.78. The van der Waals surface area contributed by atoms with Crippen LogP contribution in [-0.4, -0.2) is 31.3 Å². The van der Waals surface area contributed by atoms with Gasteiger partial charge in [0.05, 0.1) is 0 Å². The lowest BCUT2D eigenvalue weighted by molar-refractivity contribution is -0.147. The summed E-state index contributed by atoms with van der Waals surface area (Å²) in [6.07, 6.45) is 2.89. The lowest BCUT2D eigenvalue weighted by atomic mass is 10.1. The molecule has 0 aliphatic carbocycles. The van der Waals surface area contributed by atoms with E-state index in [2.05, 4.69) is 33.7 Å². The highest BCUT2D eigenvalue weighted by atomic mass is 79.9. The molecule has 2 aliphatic heterocycles. The minimum absolute atomic E-state index is 0.201. The summed E-state index contributed by atoms with van der Waals surface area (Å²) in [6.45, 7) is 3.41. The fourth-order valence-corrected chi connectivity index (χ4v) is 3.22. The molecule has 1 aromatic rings. The summed E-state index contributed by atoms with van der Waals surface area (Å²) >= 11 is 3.48. The van der Waals surface area contributed by atoms with E-state index < -0.39 is 0 Å². The average Bonchev–Trinajstić information content (AvgIpc) is 3.01. The first-order chi connectivity index (χ1) is 11.2. The Balaban J connectivity index is 1.57. The molecule has 7 heteroatoms. The number of hydrogen-bond acceptors (Lipinski definition) is 6. The first-order valence-electron chi connectivity index (χ1n) is 7.93. The van der Waals surface area contributed by atoms with Gasteiger partial charge in [-0.25, -0.2) is 5.43 Å². The molecule has 2 aliphatic rings. The van der Waals surface area contributed by atoms with Crippen LogP contribution in [0.5, 0.6) is 11.5 Å². The number of carbonyl (C=O) groups excluding carboxylic acids is 1. The summed E-state index contributed by atoms with van der Waals surface area (Å²) in [5.74, 6) is 1.16. The third-order valence-electron chi connectivity index (χ3n) is 3.98. The van der Waals surface area contributed by atoms with Crippen LogP contribution >= 0.6 is 15.9 Å². The van der Waals surface area contributed by atoms with E-state index >= 15 is 0 Å². The Morgan fingerprint density at radius 2 is 2.04 bits per heavy atom. The monoisotopic (exact) mass is 384 g/mol. The second-order valence-electron chi connectivity index (χ2n) is 5.76. The summed E-state index contributed by atoms with van der Waals surface area (Å²) in [7, 11) is 0. The highest BCUT2D eigenvalue weighted by Gasteiger charge is 2.30. The van der Waals surface area contributed by atoms with Crippen molar-refractivity contribution in [2.75, 3.05) is 13.2 Å². The molecule has 2 unspecified atom stereocenters. The molecule has 0 spiro atoms. The molecular formula is C16H21BrN2O4. The molecule has 3 rings (SSSR count). The number of fused-ring (bicyclic) bond motifs is 1. The molecule has 23 heavy (non-hydrogen) atoms. The maximum absolute atomic E-state index is 12.2. The van der Waals surface area contributed by atoms with Gasteiger partial charge < -0.3 is 14.2 Å². The molecule has 1 saturated heterocycles. The summed E-state index contributed by atoms with van der Waals surface area (Å²) in [4.78, 5) is 12.2. The van der Waals surface area contributed by atoms with Crippen molar-refractivity contribution in [3.05, 3.63) is 22.2 Å². The molecule has 2 atom stereocenters. The quantitative estimate of drug-likeness (QED) is 0.759. The Labute approximate surface area is 144 Å². The van der Waals surface area contributed by atoms with Crippen LogP contribution in [0.3, 0.4) is 0 Å². The molecule has 0 bridgehead atoms. The topological polar surface area (TPSA) is 68.8 Å². The molecule has 2 heterocycles. The zero-order valence-electron chi connectivity index (χ0n) is 13.1. The van der Waals surface area contributed by atoms with E-state index in [0.717, 1.165) is 29.3 Å². The first-order valence-corrected chi connectivity index (χ1v) is 8.72. The van der Waals surface area contributed by atoms with E-state index in [4.69, 9.17) is 14.2 Å². The van der Waals surface area contributed by atoms with E-state index in [1.165, 1.54) is 0 Å². The number of hydrogen-bond donors (Lipinski definition) is 2. The van der Waals surface area contributed by atoms with E-state index in [1.807, 2.05) is 12.1 Å². The molecule has 2 N–H and O–H groups in total. The Hall–Kier alpha value is -1.31. The van der Waals surface area contributed by atoms with Crippen molar-refractivity contribution in [2.24, 2.45) is 0 Å². The van der Waals surface area contributed by atoms with E-state index in [1.54, 1.807) is 0 Å². The minimum atomic E-state index is -0.289. The van der Waals surface area contributed by atoms with Gasteiger partial charge in [0.2, 0.25) is 0 Å². The van der Waals surface area contributed by atoms with Crippen molar-refractivity contribution in [1.82, 2.24) is 10.9 Å². The zero-order chi connectivity index (χ0) is 16.2. The van der Waals surface area contributed by atoms with Crippen LogP contribution in [0.15, 0.2) is 16.6 Å². The van der Waals surface area contributed by atoms with Crippen LogP contribution in [0.25, 0.3) is 0 Å². The van der Waals surface area contributed by atoms with Crippen LogP contribution < -0.4 is 20.3 Å². The number of esters is 1. The van der Waals surface area contributed by atoms with Crippen LogP contribution in [0, 0.1) is 0 Å². The number of rotatable bonds is 5. The highest BCUT2D eigenvalue weighted by molar-refractivity contribution is 9.10. The molecule has 6 nitrogen and oxygen atoms in total. The number of ether oxygens (including phenoxy) is 3. The van der Waals surface area contributed by atoms with Crippen LogP contribution in [-0.2, 0) is 16.1 Å². The van der Waals surface area contributed by atoms with Gasteiger partial charge in [-0.3, -0.25) is 10.2 Å². The number of hydrazine groups is 1. The van der Waals surface area contributed by atoms with Crippen molar-refractivity contribution in [2.45, 2.75) is 44.9 Å². The molecule has 1 aromatic carbocycles. The number of benzene rings is 1. The maximum atomic E-state index is 12.2. The first kappa shape index (κ1) is 16.5. The SMILES string of the molecule is CCCC1CC(C(=O)OCc2cc3c(cc2Br)OCCO3)NN1. The fraction of sp³-hybridized carbons (Fsp3) is 0.562. The van der Waals surface area contributed by atoms with Gasteiger partial charge in [0.25, 0.3) is 0 Å². The smallest absolute Gasteiger partial charge is 0.324 e. The van der Waals surface area contributed by atoms with Crippen LogP contribution in [0.1, 0.15) is 31.7 Å². The van der Waals surface area contributed by atoms with E-state index in [-0.39, 0.29) is 18.6 Å². The Kier molecular flexibility index (Phi) is 5.40. The summed E-state index contributed by atoms with van der Waals surface area (Å²) < 4.78 is 17.4. The number of nitrogens with one attached hydrogen (secondary N) is 2. The summed E-state index contributed by atoms with van der Waals surface area (Å²) in [5, 5.41) is 0. The van der Waals surface area contributed by atoms with Crippen LogP contribution in [0.2, 0.25) is 0 Å². The van der Waals surface area contributed by atoms with Gasteiger partial charge in [-0.1, -0.05) is 29.3 Å². The standard InChI is InChI=1S/C16H21BrN2O4/c1-2-3-11-7-13(19-18-11)16(20)23-9-10-6-14-15(8-12(10)17)22-5-4-21-14/h6,8,11,13,18-19H,2-5,7,9H2,1H3. The van der Waals surface area contributed by atoms with Gasteiger partial charge >= 0.3 is 5.97 Å². The normalized spacial score (nSPS) is 22.9. The van der Waals surface area contributed by atoms with Gasteiger partial charge in [0.15, 0.2) is 11.5 Å². The molecule has 0 amide bonds. The maximum Gasteiger partial charge on any atom is 0.324 e. The van der Waals surface area contributed by atoms with Gasteiger partial charge in [0, 0.05) is 16.1 Å². The largest absolute Gasteiger partial charge is 0.486 e. The molecule has 0 radical (unpaired) electrons. The average molecular weight is 385 g/mol. The molecule has 0 aromatic heterocycles. The molecule has 1 fully saturated rings. The van der Waals surface area contributed by atoms with Crippen molar-refractivity contribution < 1.29 is 19.0 Å². The summed E-state index contributed by atoms with van der Waals surface area (Å²) in [6, 6.07) is 3.75. The summed E-state index contributed by atoms with van der Waals surface area (Å²) in [5.41, 5.74) is 7.01. The van der Waals surface area contributed by atoms with E-state index in [0.29, 0.717) is 30.8 Å². The van der Waals surface area contributed by atoms with Crippen molar-refractivity contribution >= 4 is 21.9 Å². The van der Waals surface area contributed by atoms with Gasteiger partial charge in [0.1, 0.15) is 25.9 Å². The predicted octanol–water partition coefficient (Wildman–Crippen LogP) is 2.30. The minimum Gasteiger partial charge on any atom is -0.486 e. The van der Waals surface area contributed by atoms with E-state index in [9.17, 15) is 4.79 Å². The number of carbonyl (C=O) groups is 1. The highest BCUT2D eigenvalue weighted by Crippen LogP contribution is 2.35. The lowest BCUT2D eigenvalue weighted by Crippen LogP contribution is -2.38. The Bertz CT molecular complexity index is 581. The second-order valence-corrected chi connectivity index (χ2v) is 6.61. The Morgan fingerprint density at radius 3 is 2.78 bits per heavy atom. The molecule has 126 valence electrons. The van der Waals surface area contributed by atoms with Crippen molar-refractivity contribution in [3.63, 3.8) is 0 Å². The predicted molar refractivity (Wildman–Crippen MR) is 88.3 cm³/mol. The zero-order valence-corrected chi connectivity index (χ0v) is 14.6. The molecular weight excluding hydrogens is 364 g/mol. The lowest BCUT2D eigenvalue weighted by Gasteiger charge is -2.20. The Morgan fingerprint density at radius 1 is 1.30 bits per heavy atom. The van der Waals surface area contributed by atoms with Gasteiger partial charge in [-0.2, -0.15) is 0 Å².